The van der Waals surface area contributed by atoms with E-state index in [0.717, 1.165) is 12.1 Å². The number of aromatic nitrogens is 1. The summed E-state index contributed by atoms with van der Waals surface area (Å²) in [6, 6.07) is 5.79. The third-order valence-corrected chi connectivity index (χ3v) is 2.45. The van der Waals surface area contributed by atoms with Crippen molar-refractivity contribution in [2.24, 2.45) is 5.92 Å². The van der Waals surface area contributed by atoms with Gasteiger partial charge in [-0.1, -0.05) is 6.07 Å². The average Bonchev–Trinajstić information content (AvgIpc) is 2.99. The summed E-state index contributed by atoms with van der Waals surface area (Å²) in [7, 11) is 0. The molecule has 0 saturated heterocycles. The van der Waals surface area contributed by atoms with E-state index in [-0.39, 0.29) is 17.8 Å². The monoisotopic (exact) mass is 191 g/mol. The van der Waals surface area contributed by atoms with E-state index in [2.05, 4.69) is 4.98 Å². The maximum Gasteiger partial charge on any atom is 0.309 e. The van der Waals surface area contributed by atoms with Crippen LogP contribution in [0.1, 0.15) is 25.0 Å². The van der Waals surface area contributed by atoms with Gasteiger partial charge in [-0.25, -0.2) is 0 Å². The van der Waals surface area contributed by atoms with Gasteiger partial charge in [0.1, 0.15) is 0 Å². The molecule has 1 fully saturated rings. The zero-order valence-corrected chi connectivity index (χ0v) is 8.14. The van der Waals surface area contributed by atoms with Gasteiger partial charge in [0.25, 0.3) is 0 Å². The van der Waals surface area contributed by atoms with Crippen molar-refractivity contribution in [2.75, 3.05) is 6.61 Å². The molecule has 1 aromatic heterocycles. The number of esters is 1. The van der Waals surface area contributed by atoms with Crippen LogP contribution in [0.3, 0.4) is 0 Å². The number of pyridine rings is 1. The number of rotatable bonds is 3. The van der Waals surface area contributed by atoms with Gasteiger partial charge in [0.15, 0.2) is 0 Å². The molecule has 0 spiro atoms. The molecule has 1 aliphatic rings. The van der Waals surface area contributed by atoms with Crippen LogP contribution >= 0.6 is 0 Å². The molecule has 0 radical (unpaired) electrons. The summed E-state index contributed by atoms with van der Waals surface area (Å²) >= 11 is 0. The number of hydrogen-bond donors (Lipinski definition) is 0. The lowest BCUT2D eigenvalue weighted by molar-refractivity contribution is -0.144. The standard InChI is InChI=1S/C11H13NO2/c1-2-14-11(13)9-7-8(9)10-5-3-4-6-12-10/h3-6,8-9H,2,7H2,1H3/t8-,9-/m0/s1. The Morgan fingerprint density at radius 2 is 2.50 bits per heavy atom. The lowest BCUT2D eigenvalue weighted by Crippen LogP contribution is -2.07. The van der Waals surface area contributed by atoms with E-state index in [1.165, 1.54) is 0 Å². The van der Waals surface area contributed by atoms with Crippen molar-refractivity contribution in [3.63, 3.8) is 0 Å². The lowest BCUT2D eigenvalue weighted by Gasteiger charge is -2.00. The van der Waals surface area contributed by atoms with Crippen LogP contribution < -0.4 is 0 Å². The number of carbonyl (C=O) groups is 1. The summed E-state index contributed by atoms with van der Waals surface area (Å²) in [6.07, 6.45) is 2.64. The molecule has 2 atom stereocenters. The van der Waals surface area contributed by atoms with Crippen LogP contribution in [-0.2, 0) is 9.53 Å². The van der Waals surface area contributed by atoms with Gasteiger partial charge in [0.2, 0.25) is 0 Å². The SMILES string of the molecule is CCOC(=O)[C@H]1C[C@@H]1c1ccccn1. The smallest absolute Gasteiger partial charge is 0.309 e. The van der Waals surface area contributed by atoms with Crippen LogP contribution in [0.15, 0.2) is 24.4 Å². The number of nitrogens with zero attached hydrogens (tertiary/aromatic N) is 1. The Hall–Kier alpha value is -1.38. The zero-order valence-electron chi connectivity index (χ0n) is 8.14. The van der Waals surface area contributed by atoms with Gasteiger partial charge < -0.3 is 4.74 Å². The van der Waals surface area contributed by atoms with E-state index in [1.54, 1.807) is 6.20 Å². The third-order valence-electron chi connectivity index (χ3n) is 2.45. The highest BCUT2D eigenvalue weighted by Gasteiger charge is 2.45. The Morgan fingerprint density at radius 3 is 3.14 bits per heavy atom. The van der Waals surface area contributed by atoms with Crippen LogP contribution in [0.25, 0.3) is 0 Å². The van der Waals surface area contributed by atoms with Crippen LogP contribution in [0, 0.1) is 5.92 Å². The molecule has 2 rings (SSSR count). The molecule has 0 unspecified atom stereocenters. The second kappa shape index (κ2) is 3.78. The molecular weight excluding hydrogens is 178 g/mol. The Labute approximate surface area is 83.1 Å². The maximum atomic E-state index is 11.3. The fraction of sp³-hybridized carbons (Fsp3) is 0.455. The van der Waals surface area contributed by atoms with Crippen molar-refractivity contribution < 1.29 is 9.53 Å². The van der Waals surface area contributed by atoms with Crippen molar-refractivity contribution in [1.29, 1.82) is 0 Å². The molecule has 0 aliphatic heterocycles. The van der Waals surface area contributed by atoms with E-state index in [0.29, 0.717) is 6.61 Å². The second-order valence-electron chi connectivity index (χ2n) is 3.46. The van der Waals surface area contributed by atoms with Crippen LogP contribution in [0.4, 0.5) is 0 Å². The van der Waals surface area contributed by atoms with Gasteiger partial charge in [0, 0.05) is 17.8 Å². The summed E-state index contributed by atoms with van der Waals surface area (Å²) in [4.78, 5) is 15.6. The van der Waals surface area contributed by atoms with E-state index >= 15 is 0 Å². The first-order valence-electron chi connectivity index (χ1n) is 4.90. The Kier molecular flexibility index (Phi) is 2.48. The number of ether oxygens (including phenoxy) is 1. The molecule has 74 valence electrons. The van der Waals surface area contributed by atoms with Gasteiger partial charge >= 0.3 is 5.97 Å². The molecule has 1 aliphatic carbocycles. The quantitative estimate of drug-likeness (QED) is 0.683. The molecule has 3 nitrogen and oxygen atoms in total. The Bertz CT molecular complexity index is 323. The molecule has 0 amide bonds. The van der Waals surface area contributed by atoms with Gasteiger partial charge in [-0.05, 0) is 25.5 Å². The predicted octanol–water partition coefficient (Wildman–Crippen LogP) is 1.75. The van der Waals surface area contributed by atoms with E-state index in [9.17, 15) is 4.79 Å². The molecule has 1 heterocycles. The minimum absolute atomic E-state index is 0.0462. The molecule has 3 heteroatoms. The van der Waals surface area contributed by atoms with Gasteiger partial charge in [-0.15, -0.1) is 0 Å². The first-order valence-corrected chi connectivity index (χ1v) is 4.90. The Balaban J connectivity index is 1.96. The van der Waals surface area contributed by atoms with Crippen LogP contribution in [-0.4, -0.2) is 17.6 Å². The molecular formula is C11H13NO2. The summed E-state index contributed by atoms with van der Waals surface area (Å²) in [5.41, 5.74) is 1.01. The summed E-state index contributed by atoms with van der Waals surface area (Å²) < 4.78 is 4.95. The largest absolute Gasteiger partial charge is 0.466 e. The molecule has 1 aromatic rings. The van der Waals surface area contributed by atoms with Gasteiger partial charge in [0.05, 0.1) is 12.5 Å². The summed E-state index contributed by atoms with van der Waals surface area (Å²) in [5.74, 6) is 0.253. The van der Waals surface area contributed by atoms with Gasteiger partial charge in [-0.3, -0.25) is 9.78 Å². The lowest BCUT2D eigenvalue weighted by atomic mass is 10.2. The first kappa shape index (κ1) is 9.19. The fourth-order valence-corrected chi connectivity index (χ4v) is 1.63. The van der Waals surface area contributed by atoms with Gasteiger partial charge in [-0.2, -0.15) is 0 Å². The molecule has 0 bridgehead atoms. The van der Waals surface area contributed by atoms with Crippen molar-refractivity contribution in [1.82, 2.24) is 4.98 Å². The Morgan fingerprint density at radius 1 is 1.64 bits per heavy atom. The molecule has 0 N–H and O–H groups in total. The molecule has 0 aromatic carbocycles. The van der Waals surface area contributed by atoms with Crippen molar-refractivity contribution >= 4 is 5.97 Å². The third kappa shape index (κ3) is 1.76. The minimum Gasteiger partial charge on any atom is -0.466 e. The summed E-state index contributed by atoms with van der Waals surface area (Å²) in [5, 5.41) is 0. The van der Waals surface area contributed by atoms with E-state index in [1.807, 2.05) is 25.1 Å². The minimum atomic E-state index is -0.0804. The molecule has 1 saturated carbocycles. The highest BCUT2D eigenvalue weighted by atomic mass is 16.5. The average molecular weight is 191 g/mol. The van der Waals surface area contributed by atoms with Crippen molar-refractivity contribution in [3.8, 4) is 0 Å². The normalized spacial score (nSPS) is 24.4. The summed E-state index contributed by atoms with van der Waals surface area (Å²) in [6.45, 7) is 2.29. The van der Waals surface area contributed by atoms with Crippen molar-refractivity contribution in [3.05, 3.63) is 30.1 Å². The van der Waals surface area contributed by atoms with Crippen molar-refractivity contribution in [2.45, 2.75) is 19.3 Å². The second-order valence-corrected chi connectivity index (χ2v) is 3.46. The zero-order chi connectivity index (χ0) is 9.97. The first-order chi connectivity index (χ1) is 6.83. The predicted molar refractivity (Wildman–Crippen MR) is 51.7 cm³/mol. The van der Waals surface area contributed by atoms with E-state index < -0.39 is 0 Å². The number of carbonyl (C=O) groups excluding carboxylic acids is 1. The molecule has 14 heavy (non-hydrogen) atoms. The fourth-order valence-electron chi connectivity index (χ4n) is 1.63. The van der Waals surface area contributed by atoms with E-state index in [4.69, 9.17) is 4.74 Å². The highest BCUT2D eigenvalue weighted by Crippen LogP contribution is 2.47. The highest BCUT2D eigenvalue weighted by molar-refractivity contribution is 5.77. The number of hydrogen-bond acceptors (Lipinski definition) is 3. The van der Waals surface area contributed by atoms with Crippen LogP contribution in [0.2, 0.25) is 0 Å². The maximum absolute atomic E-state index is 11.3. The topological polar surface area (TPSA) is 39.2 Å². The van der Waals surface area contributed by atoms with Crippen LogP contribution in [0.5, 0.6) is 0 Å².